The molecule has 3 aromatic rings. The van der Waals surface area contributed by atoms with Crippen LogP contribution in [-0.2, 0) is 14.6 Å². The number of sulfone groups is 1. The van der Waals surface area contributed by atoms with Gasteiger partial charge in [-0.15, -0.1) is 11.3 Å². The van der Waals surface area contributed by atoms with Gasteiger partial charge in [0.15, 0.2) is 9.84 Å². The van der Waals surface area contributed by atoms with Gasteiger partial charge in [-0.2, -0.15) is 0 Å². The Bertz CT molecular complexity index is 1290. The number of hydrogen-bond acceptors (Lipinski definition) is 6. The molecule has 0 radical (unpaired) electrons. The molecule has 1 N–H and O–H groups in total. The first-order valence-corrected chi connectivity index (χ1v) is 13.1. The molecule has 172 valence electrons. The van der Waals surface area contributed by atoms with Gasteiger partial charge >= 0.3 is 0 Å². The molecule has 2 amide bonds. The molecule has 4 rings (SSSR count). The van der Waals surface area contributed by atoms with Crippen LogP contribution in [0.15, 0.2) is 59.5 Å². The van der Waals surface area contributed by atoms with Crippen LogP contribution in [0, 0.1) is 6.92 Å². The van der Waals surface area contributed by atoms with Crippen LogP contribution in [0.2, 0.25) is 0 Å². The Morgan fingerprint density at radius 1 is 1.03 bits per heavy atom. The highest BCUT2D eigenvalue weighted by molar-refractivity contribution is 7.90. The number of hydrogen-bond donors (Lipinski definition) is 1. The van der Waals surface area contributed by atoms with Crippen molar-refractivity contribution in [1.29, 1.82) is 0 Å². The van der Waals surface area contributed by atoms with Crippen molar-refractivity contribution in [3.05, 3.63) is 71.3 Å². The summed E-state index contributed by atoms with van der Waals surface area (Å²) in [5.74, 6) is -0.633. The number of amides is 2. The fraction of sp³-hybridized carbons (Fsp3) is 0.250. The number of anilines is 1. The molecule has 0 aliphatic carbocycles. The first-order valence-electron chi connectivity index (χ1n) is 10.4. The molecule has 2 aromatic carbocycles. The van der Waals surface area contributed by atoms with Crippen LogP contribution in [-0.4, -0.2) is 57.7 Å². The lowest BCUT2D eigenvalue weighted by Gasteiger charge is -2.27. The molecule has 1 aliphatic rings. The summed E-state index contributed by atoms with van der Waals surface area (Å²) < 4.78 is 29.2. The second kappa shape index (κ2) is 9.46. The summed E-state index contributed by atoms with van der Waals surface area (Å²) in [4.78, 5) is 29.2. The molecule has 1 fully saturated rings. The number of carbonyl (C=O) groups excluding carboxylic acids is 2. The Kier molecular flexibility index (Phi) is 6.64. The highest BCUT2D eigenvalue weighted by atomic mass is 32.2. The van der Waals surface area contributed by atoms with E-state index in [1.807, 2.05) is 37.3 Å². The number of rotatable bonds is 5. The lowest BCUT2D eigenvalue weighted by atomic mass is 10.1. The van der Waals surface area contributed by atoms with Gasteiger partial charge in [-0.25, -0.2) is 8.42 Å². The molecule has 33 heavy (non-hydrogen) atoms. The number of morpholine rings is 1. The first kappa shape index (κ1) is 23.2. The fourth-order valence-electron chi connectivity index (χ4n) is 3.69. The highest BCUT2D eigenvalue weighted by Crippen LogP contribution is 2.40. The van der Waals surface area contributed by atoms with Gasteiger partial charge in [-0.3, -0.25) is 9.59 Å². The standard InChI is InChI=1S/C24H24N2O5S2/c1-16-20(24(28)26-11-13-31-14-12-26)23(32-21(16)17-7-4-3-5-8-17)25-22(27)18-9-6-10-19(15-18)33(2,29)30/h3-10,15H,11-14H2,1-2H3,(H,25,27). The number of thiophene rings is 1. The summed E-state index contributed by atoms with van der Waals surface area (Å²) in [5.41, 5.74) is 2.40. The Balaban J connectivity index is 1.73. The van der Waals surface area contributed by atoms with E-state index in [9.17, 15) is 18.0 Å². The third-order valence-electron chi connectivity index (χ3n) is 5.45. The molecule has 0 bridgehead atoms. The fourth-order valence-corrected chi connectivity index (χ4v) is 5.56. The molecule has 9 heteroatoms. The van der Waals surface area contributed by atoms with Gasteiger partial charge in [0.05, 0.1) is 23.7 Å². The third-order valence-corrected chi connectivity index (χ3v) is 7.81. The van der Waals surface area contributed by atoms with Crippen molar-refractivity contribution in [3.63, 3.8) is 0 Å². The van der Waals surface area contributed by atoms with Crippen molar-refractivity contribution < 1.29 is 22.7 Å². The number of ether oxygens (including phenoxy) is 1. The molecule has 1 saturated heterocycles. The van der Waals surface area contributed by atoms with Gasteiger partial charge < -0.3 is 15.0 Å². The second-order valence-corrected chi connectivity index (χ2v) is 10.8. The topological polar surface area (TPSA) is 92.8 Å². The smallest absolute Gasteiger partial charge is 0.257 e. The summed E-state index contributed by atoms with van der Waals surface area (Å²) in [7, 11) is -3.46. The van der Waals surface area contributed by atoms with Crippen molar-refractivity contribution in [2.45, 2.75) is 11.8 Å². The minimum atomic E-state index is -3.46. The van der Waals surface area contributed by atoms with Gasteiger partial charge in [-0.1, -0.05) is 36.4 Å². The molecule has 0 saturated carbocycles. The normalized spacial score (nSPS) is 14.2. The van der Waals surface area contributed by atoms with Gasteiger partial charge in [0.1, 0.15) is 5.00 Å². The van der Waals surface area contributed by atoms with Crippen LogP contribution >= 0.6 is 11.3 Å². The molecular formula is C24H24N2O5S2. The van der Waals surface area contributed by atoms with E-state index in [1.54, 1.807) is 11.0 Å². The van der Waals surface area contributed by atoms with E-state index in [2.05, 4.69) is 5.32 Å². The Morgan fingerprint density at radius 3 is 2.39 bits per heavy atom. The average Bonchev–Trinajstić information content (AvgIpc) is 3.14. The number of carbonyl (C=O) groups is 2. The third kappa shape index (κ3) is 5.00. The molecule has 7 nitrogen and oxygen atoms in total. The molecule has 0 spiro atoms. The van der Waals surface area contributed by atoms with E-state index in [1.165, 1.54) is 29.5 Å². The van der Waals surface area contributed by atoms with E-state index >= 15 is 0 Å². The van der Waals surface area contributed by atoms with Crippen molar-refractivity contribution in [2.24, 2.45) is 0 Å². The predicted molar refractivity (Wildman–Crippen MR) is 129 cm³/mol. The molecular weight excluding hydrogens is 460 g/mol. The van der Waals surface area contributed by atoms with Crippen LogP contribution in [0.4, 0.5) is 5.00 Å². The largest absolute Gasteiger partial charge is 0.378 e. The van der Waals surface area contributed by atoms with E-state index in [0.29, 0.717) is 36.9 Å². The maximum atomic E-state index is 13.4. The predicted octanol–water partition coefficient (Wildman–Crippen LogP) is 3.85. The lowest BCUT2D eigenvalue weighted by Crippen LogP contribution is -2.41. The molecule has 2 heterocycles. The quantitative estimate of drug-likeness (QED) is 0.594. The molecule has 0 atom stereocenters. The van der Waals surface area contributed by atoms with Gasteiger partial charge in [0.2, 0.25) is 0 Å². The van der Waals surface area contributed by atoms with Gasteiger partial charge in [0, 0.05) is 29.8 Å². The lowest BCUT2D eigenvalue weighted by molar-refractivity contribution is 0.0303. The zero-order valence-corrected chi connectivity index (χ0v) is 20.0. The number of benzene rings is 2. The number of nitrogens with one attached hydrogen (secondary N) is 1. The SMILES string of the molecule is Cc1c(-c2ccccc2)sc(NC(=O)c2cccc(S(C)(=O)=O)c2)c1C(=O)N1CCOCC1. The first-order chi connectivity index (χ1) is 15.8. The minimum Gasteiger partial charge on any atom is -0.378 e. The maximum absolute atomic E-state index is 13.4. The summed E-state index contributed by atoms with van der Waals surface area (Å²) in [6, 6.07) is 15.6. The maximum Gasteiger partial charge on any atom is 0.257 e. The Hall–Kier alpha value is -3.01. The van der Waals surface area contributed by atoms with Crippen molar-refractivity contribution in [3.8, 4) is 10.4 Å². The van der Waals surface area contributed by atoms with Crippen LogP contribution in [0.5, 0.6) is 0 Å². The van der Waals surface area contributed by atoms with Crippen molar-refractivity contribution in [2.75, 3.05) is 37.9 Å². The zero-order valence-electron chi connectivity index (χ0n) is 18.3. The van der Waals surface area contributed by atoms with Gasteiger partial charge in [0.25, 0.3) is 11.8 Å². The van der Waals surface area contributed by atoms with Gasteiger partial charge in [-0.05, 0) is 36.2 Å². The van der Waals surface area contributed by atoms with E-state index < -0.39 is 15.7 Å². The zero-order chi connectivity index (χ0) is 23.6. The Labute approximate surface area is 196 Å². The minimum absolute atomic E-state index is 0.0621. The van der Waals surface area contributed by atoms with Crippen molar-refractivity contribution >= 4 is 38.0 Å². The number of nitrogens with zero attached hydrogens (tertiary/aromatic N) is 1. The Morgan fingerprint density at radius 2 is 1.73 bits per heavy atom. The van der Waals surface area contributed by atoms with Crippen LogP contribution in [0.25, 0.3) is 10.4 Å². The van der Waals surface area contributed by atoms with Crippen LogP contribution in [0.1, 0.15) is 26.3 Å². The second-order valence-electron chi connectivity index (χ2n) is 7.79. The summed E-state index contributed by atoms with van der Waals surface area (Å²) in [5, 5.41) is 3.30. The molecule has 0 unspecified atom stereocenters. The van der Waals surface area contributed by atoms with Crippen LogP contribution < -0.4 is 5.32 Å². The van der Waals surface area contributed by atoms with Crippen LogP contribution in [0.3, 0.4) is 0 Å². The van der Waals surface area contributed by atoms with E-state index in [4.69, 9.17) is 4.74 Å². The molecule has 1 aliphatic heterocycles. The monoisotopic (exact) mass is 484 g/mol. The van der Waals surface area contributed by atoms with Crippen molar-refractivity contribution in [1.82, 2.24) is 4.90 Å². The average molecular weight is 485 g/mol. The summed E-state index contributed by atoms with van der Waals surface area (Å²) in [6.07, 6.45) is 1.10. The highest BCUT2D eigenvalue weighted by Gasteiger charge is 2.28. The summed E-state index contributed by atoms with van der Waals surface area (Å²) >= 11 is 1.34. The van der Waals surface area contributed by atoms with E-state index in [-0.39, 0.29) is 16.4 Å². The van der Waals surface area contributed by atoms with E-state index in [0.717, 1.165) is 22.3 Å². The summed E-state index contributed by atoms with van der Waals surface area (Å²) in [6.45, 7) is 3.80. The molecule has 1 aromatic heterocycles.